The van der Waals surface area contributed by atoms with Crippen LogP contribution in [0.25, 0.3) is 0 Å². The summed E-state index contributed by atoms with van der Waals surface area (Å²) in [5.41, 5.74) is 0. The molecule has 1 aromatic heterocycles. The molecule has 1 rings (SSSR count). The van der Waals surface area contributed by atoms with Crippen LogP contribution in [0.4, 0.5) is 0 Å². The van der Waals surface area contributed by atoms with Crippen molar-refractivity contribution in [1.29, 1.82) is 0 Å². The third kappa shape index (κ3) is 2.60. The van der Waals surface area contributed by atoms with Crippen molar-refractivity contribution in [3.63, 3.8) is 0 Å². The second-order valence-electron chi connectivity index (χ2n) is 1.98. The summed E-state index contributed by atoms with van der Waals surface area (Å²) in [5.74, 6) is 1.10. The van der Waals surface area contributed by atoms with E-state index in [1.54, 1.807) is 7.05 Å². The Labute approximate surface area is 76.5 Å². The number of hydrogen-bond acceptors (Lipinski definition) is 3. The van der Waals surface area contributed by atoms with Crippen LogP contribution < -0.4 is 0 Å². The van der Waals surface area contributed by atoms with E-state index in [2.05, 4.69) is 10.1 Å². The Morgan fingerprint density at radius 1 is 1.58 bits per heavy atom. The van der Waals surface area contributed by atoms with Gasteiger partial charge in [-0.1, -0.05) is 6.92 Å². The monoisotopic (exact) mass is 193 g/mol. The number of halogens is 1. The molecule has 0 unspecified atom stereocenters. The first kappa shape index (κ1) is 13.6. The molecule has 0 aromatic carbocycles. The van der Waals surface area contributed by atoms with Gasteiger partial charge in [-0.2, -0.15) is 5.10 Å². The van der Waals surface area contributed by atoms with E-state index < -0.39 is 0 Å². The van der Waals surface area contributed by atoms with Gasteiger partial charge >= 0.3 is 0 Å². The van der Waals surface area contributed by atoms with Gasteiger partial charge in [0, 0.05) is 13.5 Å². The van der Waals surface area contributed by atoms with Crippen LogP contribution in [0.5, 0.6) is 0 Å². The Morgan fingerprint density at radius 2 is 2.17 bits per heavy atom. The first-order valence-corrected chi connectivity index (χ1v) is 3.13. The minimum absolute atomic E-state index is 0. The van der Waals surface area contributed by atoms with E-state index in [9.17, 15) is 4.79 Å². The van der Waals surface area contributed by atoms with E-state index in [-0.39, 0.29) is 17.9 Å². The summed E-state index contributed by atoms with van der Waals surface area (Å²) in [5, 5.41) is 3.97. The lowest BCUT2D eigenvalue weighted by Gasteiger charge is -1.84. The Hall–Kier alpha value is -0.940. The second-order valence-corrected chi connectivity index (χ2v) is 1.98. The maximum absolute atomic E-state index is 10.2. The molecule has 12 heavy (non-hydrogen) atoms. The fourth-order valence-electron chi connectivity index (χ4n) is 0.704. The predicted octanol–water partition coefficient (Wildman–Crippen LogP) is -0.213. The van der Waals surface area contributed by atoms with Gasteiger partial charge in [0.05, 0.1) is 0 Å². The van der Waals surface area contributed by atoms with Crippen LogP contribution in [0, 0.1) is 0 Å². The summed E-state index contributed by atoms with van der Waals surface area (Å²) in [6, 6.07) is 0. The van der Waals surface area contributed by atoms with Crippen LogP contribution in [0.3, 0.4) is 0 Å². The van der Waals surface area contributed by atoms with E-state index in [0.717, 1.165) is 6.42 Å². The molecule has 6 heteroatoms. The normalized spacial score (nSPS) is 8.17. The summed E-state index contributed by atoms with van der Waals surface area (Å²) in [6.07, 6.45) is 1.47. The number of aldehydes is 1. The Bertz CT molecular complexity index is 249. The number of aryl methyl sites for hydroxylation is 2. The first-order chi connectivity index (χ1) is 4.77. The largest absolute Gasteiger partial charge is 0.412 e. The van der Waals surface area contributed by atoms with Crippen LogP contribution in [0.2, 0.25) is 0 Å². The molecule has 0 saturated heterocycles. The molecule has 0 spiro atoms. The van der Waals surface area contributed by atoms with Gasteiger partial charge in [0.1, 0.15) is 0 Å². The lowest BCUT2D eigenvalue weighted by atomic mass is 10.5. The van der Waals surface area contributed by atoms with Crippen LogP contribution in [-0.2, 0) is 13.5 Å². The minimum atomic E-state index is 0. The lowest BCUT2D eigenvalue weighted by Crippen LogP contribution is -1.96. The van der Waals surface area contributed by atoms with Crippen molar-refractivity contribution >= 4 is 18.7 Å². The summed E-state index contributed by atoms with van der Waals surface area (Å²) >= 11 is 0. The SMILES string of the molecule is CCc1nc(C=O)n(C)n1.Cl.O. The van der Waals surface area contributed by atoms with E-state index >= 15 is 0 Å². The van der Waals surface area contributed by atoms with Crippen molar-refractivity contribution in [3.8, 4) is 0 Å². The highest BCUT2D eigenvalue weighted by Gasteiger charge is 2.01. The Kier molecular flexibility index (Phi) is 6.45. The van der Waals surface area contributed by atoms with Gasteiger partial charge in [-0.3, -0.25) is 4.79 Å². The summed E-state index contributed by atoms with van der Waals surface area (Å²) in [4.78, 5) is 14.2. The van der Waals surface area contributed by atoms with Gasteiger partial charge in [0.2, 0.25) is 0 Å². The quantitative estimate of drug-likeness (QED) is 0.610. The van der Waals surface area contributed by atoms with Crippen molar-refractivity contribution in [3.05, 3.63) is 11.6 Å². The van der Waals surface area contributed by atoms with Crippen molar-refractivity contribution < 1.29 is 10.3 Å². The average Bonchev–Trinajstić information content (AvgIpc) is 2.30. The van der Waals surface area contributed by atoms with Gasteiger partial charge in [0.15, 0.2) is 17.9 Å². The minimum Gasteiger partial charge on any atom is -0.412 e. The number of rotatable bonds is 2. The molecule has 0 aliphatic carbocycles. The van der Waals surface area contributed by atoms with Gasteiger partial charge in [-0.25, -0.2) is 9.67 Å². The zero-order chi connectivity index (χ0) is 7.56. The number of hydrogen-bond donors (Lipinski definition) is 0. The van der Waals surface area contributed by atoms with Crippen molar-refractivity contribution in [2.45, 2.75) is 13.3 Å². The second kappa shape index (κ2) is 5.68. The number of carbonyl (C=O) groups excluding carboxylic acids is 1. The molecular formula is C6H12ClN3O2. The van der Waals surface area contributed by atoms with Gasteiger partial charge in [0.25, 0.3) is 0 Å². The molecule has 1 aromatic rings. The predicted molar refractivity (Wildman–Crippen MR) is 46.6 cm³/mol. The highest BCUT2D eigenvalue weighted by Crippen LogP contribution is 1.93. The van der Waals surface area contributed by atoms with E-state index in [1.807, 2.05) is 6.92 Å². The zero-order valence-corrected chi connectivity index (χ0v) is 7.76. The third-order valence-electron chi connectivity index (χ3n) is 1.26. The highest BCUT2D eigenvalue weighted by molar-refractivity contribution is 5.85. The van der Waals surface area contributed by atoms with Gasteiger partial charge in [-0.05, 0) is 0 Å². The van der Waals surface area contributed by atoms with E-state index in [1.165, 1.54) is 4.68 Å². The van der Waals surface area contributed by atoms with Crippen molar-refractivity contribution in [2.75, 3.05) is 0 Å². The van der Waals surface area contributed by atoms with Gasteiger partial charge in [-0.15, -0.1) is 12.4 Å². The highest BCUT2D eigenvalue weighted by atomic mass is 35.5. The standard InChI is InChI=1S/C6H9N3O.ClH.H2O/c1-3-5-7-6(4-10)9(2)8-5;;/h4H,3H2,1-2H3;1H;1H2. The van der Waals surface area contributed by atoms with Crippen molar-refractivity contribution in [2.24, 2.45) is 7.05 Å². The summed E-state index contributed by atoms with van der Waals surface area (Å²) < 4.78 is 1.48. The smallest absolute Gasteiger partial charge is 0.191 e. The summed E-state index contributed by atoms with van der Waals surface area (Å²) in [6.45, 7) is 1.95. The maximum atomic E-state index is 10.2. The van der Waals surface area contributed by atoms with Crippen LogP contribution in [0.1, 0.15) is 23.4 Å². The average molecular weight is 194 g/mol. The maximum Gasteiger partial charge on any atom is 0.191 e. The molecule has 0 saturated carbocycles. The Balaban J connectivity index is 0. The fourth-order valence-corrected chi connectivity index (χ4v) is 0.704. The molecule has 0 amide bonds. The van der Waals surface area contributed by atoms with Gasteiger partial charge < -0.3 is 5.48 Å². The third-order valence-corrected chi connectivity index (χ3v) is 1.26. The van der Waals surface area contributed by atoms with Crippen LogP contribution >= 0.6 is 12.4 Å². The Morgan fingerprint density at radius 3 is 2.42 bits per heavy atom. The number of carbonyl (C=O) groups is 1. The first-order valence-electron chi connectivity index (χ1n) is 3.13. The van der Waals surface area contributed by atoms with E-state index in [4.69, 9.17) is 0 Å². The number of aromatic nitrogens is 3. The molecule has 5 nitrogen and oxygen atoms in total. The number of nitrogens with zero attached hydrogens (tertiary/aromatic N) is 3. The van der Waals surface area contributed by atoms with E-state index in [0.29, 0.717) is 17.9 Å². The fraction of sp³-hybridized carbons (Fsp3) is 0.500. The summed E-state index contributed by atoms with van der Waals surface area (Å²) in [7, 11) is 1.70. The lowest BCUT2D eigenvalue weighted by molar-refractivity contribution is 0.111. The molecule has 0 aliphatic heterocycles. The zero-order valence-electron chi connectivity index (χ0n) is 6.94. The molecular weight excluding hydrogens is 182 g/mol. The molecule has 0 fully saturated rings. The molecule has 0 bridgehead atoms. The van der Waals surface area contributed by atoms with Crippen molar-refractivity contribution in [1.82, 2.24) is 14.8 Å². The molecule has 0 radical (unpaired) electrons. The molecule has 0 aliphatic rings. The molecule has 1 heterocycles. The van der Waals surface area contributed by atoms with Crippen LogP contribution in [0.15, 0.2) is 0 Å². The molecule has 2 N–H and O–H groups in total. The molecule has 0 atom stereocenters. The molecule has 70 valence electrons. The topological polar surface area (TPSA) is 79.3 Å². The van der Waals surface area contributed by atoms with Crippen LogP contribution in [-0.4, -0.2) is 26.5 Å².